The molecule has 0 atom stereocenters. The summed E-state index contributed by atoms with van der Waals surface area (Å²) in [6.07, 6.45) is 0.920. The first kappa shape index (κ1) is 13.2. The zero-order chi connectivity index (χ0) is 11.3. The van der Waals surface area contributed by atoms with Gasteiger partial charge in [0.25, 0.3) is 0 Å². The van der Waals surface area contributed by atoms with Crippen LogP contribution in [-0.4, -0.2) is 22.3 Å². The number of hydrogen-bond acceptors (Lipinski definition) is 3. The molecule has 0 fully saturated rings. The van der Waals surface area contributed by atoms with E-state index in [0.717, 1.165) is 23.7 Å². The van der Waals surface area contributed by atoms with Crippen LogP contribution in [0.4, 0.5) is 0 Å². The first-order chi connectivity index (χ1) is 7.15. The molecule has 0 aliphatic rings. The third-order valence-electron chi connectivity index (χ3n) is 2.50. The molecular formula is C10H16Cl2N2S. The second kappa shape index (κ2) is 6.04. The summed E-state index contributed by atoms with van der Waals surface area (Å²) in [4.78, 5) is 4.39. The van der Waals surface area contributed by atoms with Crippen molar-refractivity contribution in [1.29, 1.82) is 0 Å². The summed E-state index contributed by atoms with van der Waals surface area (Å²) in [7, 11) is 0. The molecule has 0 spiro atoms. The van der Waals surface area contributed by atoms with E-state index >= 15 is 0 Å². The van der Waals surface area contributed by atoms with Crippen molar-refractivity contribution in [3.63, 3.8) is 0 Å². The molecule has 86 valence electrons. The molecule has 5 heteroatoms. The van der Waals surface area contributed by atoms with Gasteiger partial charge in [-0.2, -0.15) is 0 Å². The Bertz CT molecular complexity index is 289. The largest absolute Gasteiger partial charge is 0.303 e. The summed E-state index contributed by atoms with van der Waals surface area (Å²) in [5, 5.41) is 6.54. The van der Waals surface area contributed by atoms with E-state index in [1.807, 2.05) is 6.92 Å². The van der Waals surface area contributed by atoms with Gasteiger partial charge in [-0.15, -0.1) is 34.5 Å². The van der Waals surface area contributed by atoms with Crippen LogP contribution in [0.1, 0.15) is 24.0 Å². The molecule has 15 heavy (non-hydrogen) atoms. The van der Waals surface area contributed by atoms with E-state index in [-0.39, 0.29) is 5.54 Å². The number of thiazole rings is 1. The Labute approximate surface area is 105 Å². The van der Waals surface area contributed by atoms with Crippen LogP contribution in [0.5, 0.6) is 0 Å². The van der Waals surface area contributed by atoms with Gasteiger partial charge in [-0.25, -0.2) is 4.98 Å². The van der Waals surface area contributed by atoms with Crippen molar-refractivity contribution in [1.82, 2.24) is 10.3 Å². The second-order valence-corrected chi connectivity index (χ2v) is 5.21. The Hall–Kier alpha value is 0.170. The van der Waals surface area contributed by atoms with Crippen molar-refractivity contribution in [3.8, 4) is 0 Å². The summed E-state index contributed by atoms with van der Waals surface area (Å²) >= 11 is 13.5. The highest BCUT2D eigenvalue weighted by molar-refractivity contribution is 7.09. The number of aromatic nitrogens is 1. The van der Waals surface area contributed by atoms with Gasteiger partial charge >= 0.3 is 0 Å². The number of rotatable bonds is 6. The molecule has 1 aromatic heterocycles. The van der Waals surface area contributed by atoms with Gasteiger partial charge in [0.05, 0.1) is 10.7 Å². The minimum atomic E-state index is -0.166. The van der Waals surface area contributed by atoms with E-state index in [2.05, 4.69) is 22.6 Å². The topological polar surface area (TPSA) is 24.9 Å². The summed E-state index contributed by atoms with van der Waals surface area (Å²) < 4.78 is 0. The van der Waals surface area contributed by atoms with Crippen LogP contribution < -0.4 is 5.32 Å². The zero-order valence-corrected chi connectivity index (χ0v) is 11.3. The lowest BCUT2D eigenvalue weighted by molar-refractivity contribution is 0.383. The number of nitrogens with zero attached hydrogens (tertiary/aromatic N) is 1. The molecule has 0 aromatic carbocycles. The van der Waals surface area contributed by atoms with Crippen LogP contribution in [0.3, 0.4) is 0 Å². The molecule has 0 aliphatic carbocycles. The molecule has 0 bridgehead atoms. The van der Waals surface area contributed by atoms with Gasteiger partial charge in [-0.3, -0.25) is 0 Å². The molecule has 2 nitrogen and oxygen atoms in total. The predicted molar refractivity (Wildman–Crippen MR) is 68.2 cm³/mol. The van der Waals surface area contributed by atoms with Gasteiger partial charge in [0.2, 0.25) is 0 Å². The Morgan fingerprint density at radius 1 is 1.47 bits per heavy atom. The Morgan fingerprint density at radius 2 is 2.13 bits per heavy atom. The molecule has 0 unspecified atom stereocenters. The van der Waals surface area contributed by atoms with Crippen LogP contribution >= 0.6 is 34.5 Å². The predicted octanol–water partition coefficient (Wildman–Crippen LogP) is 3.17. The Kier molecular flexibility index (Phi) is 5.33. The Morgan fingerprint density at radius 3 is 2.53 bits per heavy atom. The van der Waals surface area contributed by atoms with Crippen molar-refractivity contribution < 1.29 is 0 Å². The molecule has 0 saturated carbocycles. The van der Waals surface area contributed by atoms with E-state index in [0.29, 0.717) is 11.8 Å². The molecule has 0 radical (unpaired) electrons. The number of alkyl halides is 2. The average molecular weight is 267 g/mol. The first-order valence-electron chi connectivity index (χ1n) is 4.94. The molecule has 1 rings (SSSR count). The van der Waals surface area contributed by atoms with Crippen molar-refractivity contribution in [2.75, 3.05) is 11.8 Å². The third-order valence-corrected chi connectivity index (χ3v) is 4.34. The summed E-state index contributed by atoms with van der Waals surface area (Å²) in [5.41, 5.74) is 0.895. The molecule has 1 heterocycles. The van der Waals surface area contributed by atoms with E-state index in [1.165, 1.54) is 0 Å². The minimum absolute atomic E-state index is 0.166. The summed E-state index contributed by atoms with van der Waals surface area (Å²) in [5.74, 6) is 1.05. The average Bonchev–Trinajstić information content (AvgIpc) is 2.67. The SMILES string of the molecule is CCC(CCl)(CCl)NCc1csc(C)n1. The van der Waals surface area contributed by atoms with Gasteiger partial charge in [0, 0.05) is 29.2 Å². The molecule has 0 saturated heterocycles. The normalized spacial score (nSPS) is 12.0. The molecule has 1 N–H and O–H groups in total. The Balaban J connectivity index is 2.54. The smallest absolute Gasteiger partial charge is 0.0897 e. The summed E-state index contributed by atoms with van der Waals surface area (Å²) in [6, 6.07) is 0. The second-order valence-electron chi connectivity index (χ2n) is 3.61. The van der Waals surface area contributed by atoms with E-state index in [9.17, 15) is 0 Å². The number of aryl methyl sites for hydroxylation is 1. The van der Waals surface area contributed by atoms with Crippen molar-refractivity contribution in [3.05, 3.63) is 16.1 Å². The van der Waals surface area contributed by atoms with E-state index in [4.69, 9.17) is 23.2 Å². The maximum Gasteiger partial charge on any atom is 0.0897 e. The standard InChI is InChI=1S/C10H16Cl2N2S/c1-3-10(6-11,7-12)13-4-9-5-15-8(2)14-9/h5,13H,3-4,6-7H2,1-2H3. The van der Waals surface area contributed by atoms with Crippen molar-refractivity contribution in [2.24, 2.45) is 0 Å². The van der Waals surface area contributed by atoms with Crippen molar-refractivity contribution in [2.45, 2.75) is 32.4 Å². The fourth-order valence-electron chi connectivity index (χ4n) is 1.21. The van der Waals surface area contributed by atoms with Gasteiger partial charge in [0.1, 0.15) is 0 Å². The fraction of sp³-hybridized carbons (Fsp3) is 0.700. The molecule has 1 aromatic rings. The third kappa shape index (κ3) is 3.59. The van der Waals surface area contributed by atoms with E-state index in [1.54, 1.807) is 11.3 Å². The van der Waals surface area contributed by atoms with Crippen LogP contribution in [0.15, 0.2) is 5.38 Å². The maximum atomic E-state index is 5.93. The highest BCUT2D eigenvalue weighted by Gasteiger charge is 2.25. The molecule has 0 amide bonds. The number of nitrogens with one attached hydrogen (secondary N) is 1. The number of hydrogen-bond donors (Lipinski definition) is 1. The van der Waals surface area contributed by atoms with Crippen molar-refractivity contribution >= 4 is 34.5 Å². The van der Waals surface area contributed by atoms with Crippen LogP contribution in [0, 0.1) is 6.92 Å². The van der Waals surface area contributed by atoms with Gasteiger partial charge in [-0.1, -0.05) is 6.92 Å². The molecule has 0 aliphatic heterocycles. The highest BCUT2D eigenvalue weighted by atomic mass is 35.5. The van der Waals surface area contributed by atoms with Gasteiger partial charge in [0.15, 0.2) is 0 Å². The lowest BCUT2D eigenvalue weighted by Gasteiger charge is -2.29. The van der Waals surface area contributed by atoms with Crippen LogP contribution in [0.25, 0.3) is 0 Å². The first-order valence-corrected chi connectivity index (χ1v) is 6.88. The van der Waals surface area contributed by atoms with Crippen LogP contribution in [-0.2, 0) is 6.54 Å². The lowest BCUT2D eigenvalue weighted by atomic mass is 10.0. The van der Waals surface area contributed by atoms with Gasteiger partial charge < -0.3 is 5.32 Å². The number of halogens is 2. The van der Waals surface area contributed by atoms with Crippen LogP contribution in [0.2, 0.25) is 0 Å². The zero-order valence-electron chi connectivity index (χ0n) is 9.02. The fourth-order valence-corrected chi connectivity index (χ4v) is 2.68. The van der Waals surface area contributed by atoms with Gasteiger partial charge in [-0.05, 0) is 13.3 Å². The lowest BCUT2D eigenvalue weighted by Crippen LogP contribution is -2.47. The monoisotopic (exact) mass is 266 g/mol. The molecular weight excluding hydrogens is 251 g/mol. The maximum absolute atomic E-state index is 5.93. The minimum Gasteiger partial charge on any atom is -0.303 e. The highest BCUT2D eigenvalue weighted by Crippen LogP contribution is 2.16. The summed E-state index contributed by atoms with van der Waals surface area (Å²) in [6.45, 7) is 4.83. The quantitative estimate of drug-likeness (QED) is 0.801. The van der Waals surface area contributed by atoms with E-state index < -0.39 is 0 Å².